The third-order valence-corrected chi connectivity index (χ3v) is 3.88. The predicted molar refractivity (Wildman–Crippen MR) is 79.9 cm³/mol. The minimum Gasteiger partial charge on any atom is -0.508 e. The average molecular weight is 286 g/mol. The molecular formula is C15H24ClNO2. The first-order valence-electron chi connectivity index (χ1n) is 6.74. The van der Waals surface area contributed by atoms with Crippen molar-refractivity contribution in [3.63, 3.8) is 0 Å². The summed E-state index contributed by atoms with van der Waals surface area (Å²) in [5.74, 6) is 0.294. The van der Waals surface area contributed by atoms with E-state index < -0.39 is 0 Å². The van der Waals surface area contributed by atoms with Gasteiger partial charge < -0.3 is 9.84 Å². The number of hydrogen-bond donors (Lipinski definition) is 1. The van der Waals surface area contributed by atoms with E-state index in [2.05, 4.69) is 25.7 Å². The van der Waals surface area contributed by atoms with Crippen molar-refractivity contribution in [1.29, 1.82) is 0 Å². The summed E-state index contributed by atoms with van der Waals surface area (Å²) < 4.78 is 5.18. The highest BCUT2D eigenvalue weighted by molar-refractivity contribution is 6.30. The summed E-state index contributed by atoms with van der Waals surface area (Å²) in [6, 6.07) is 5.71. The van der Waals surface area contributed by atoms with E-state index in [1.165, 1.54) is 0 Å². The molecule has 19 heavy (non-hydrogen) atoms. The van der Waals surface area contributed by atoms with Gasteiger partial charge in [-0.3, -0.25) is 4.90 Å². The Hall–Kier alpha value is -0.770. The van der Waals surface area contributed by atoms with Gasteiger partial charge in [-0.15, -0.1) is 0 Å². The number of ether oxygens (including phenoxy) is 1. The van der Waals surface area contributed by atoms with Crippen molar-refractivity contribution < 1.29 is 9.84 Å². The van der Waals surface area contributed by atoms with Crippen molar-refractivity contribution in [2.75, 3.05) is 20.3 Å². The maximum atomic E-state index is 10.0. The van der Waals surface area contributed by atoms with Gasteiger partial charge in [0.2, 0.25) is 0 Å². The lowest BCUT2D eigenvalue weighted by Gasteiger charge is -2.34. The van der Waals surface area contributed by atoms with E-state index in [9.17, 15) is 5.11 Å². The molecule has 0 aromatic heterocycles. The highest BCUT2D eigenvalue weighted by atomic mass is 35.5. The second kappa shape index (κ2) is 7.73. The second-order valence-corrected chi connectivity index (χ2v) is 5.30. The molecule has 0 saturated heterocycles. The third-order valence-electron chi connectivity index (χ3n) is 3.65. The topological polar surface area (TPSA) is 32.7 Å². The van der Waals surface area contributed by atoms with Crippen LogP contribution in [0, 0.1) is 0 Å². The van der Waals surface area contributed by atoms with Crippen molar-refractivity contribution >= 4 is 11.6 Å². The van der Waals surface area contributed by atoms with E-state index in [-0.39, 0.29) is 6.04 Å². The van der Waals surface area contributed by atoms with Gasteiger partial charge in [0, 0.05) is 36.3 Å². The van der Waals surface area contributed by atoms with Gasteiger partial charge in [-0.1, -0.05) is 18.5 Å². The standard InChI is InChI=1S/C15H24ClNO2/c1-5-11(2)17(8-9-19-4)12(3)14-10-13(16)6-7-15(14)18/h6-7,10-12,18H,5,8-9H2,1-4H3. The number of benzene rings is 1. The number of rotatable bonds is 7. The Labute approximate surface area is 121 Å². The summed E-state index contributed by atoms with van der Waals surface area (Å²) in [5, 5.41) is 10.7. The highest BCUT2D eigenvalue weighted by Gasteiger charge is 2.22. The lowest BCUT2D eigenvalue weighted by molar-refractivity contribution is 0.0930. The summed E-state index contributed by atoms with van der Waals surface area (Å²) in [7, 11) is 1.70. The predicted octanol–water partition coefficient (Wildman–Crippen LogP) is 3.85. The Kier molecular flexibility index (Phi) is 6.63. The van der Waals surface area contributed by atoms with Crippen molar-refractivity contribution in [2.24, 2.45) is 0 Å². The zero-order chi connectivity index (χ0) is 14.4. The zero-order valence-electron chi connectivity index (χ0n) is 12.2. The van der Waals surface area contributed by atoms with Crippen LogP contribution in [0.15, 0.2) is 18.2 Å². The fourth-order valence-corrected chi connectivity index (χ4v) is 2.45. The molecule has 1 rings (SSSR count). The average Bonchev–Trinajstić information content (AvgIpc) is 2.41. The number of hydrogen-bond acceptors (Lipinski definition) is 3. The maximum absolute atomic E-state index is 10.0. The Balaban J connectivity index is 2.96. The molecule has 2 atom stereocenters. The molecule has 0 aliphatic carbocycles. The quantitative estimate of drug-likeness (QED) is 0.826. The second-order valence-electron chi connectivity index (χ2n) is 4.87. The molecule has 0 bridgehead atoms. The molecule has 0 amide bonds. The summed E-state index contributed by atoms with van der Waals surface area (Å²) >= 11 is 6.03. The van der Waals surface area contributed by atoms with Crippen LogP contribution in [-0.2, 0) is 4.74 Å². The van der Waals surface area contributed by atoms with Crippen molar-refractivity contribution in [3.05, 3.63) is 28.8 Å². The zero-order valence-corrected chi connectivity index (χ0v) is 12.9. The number of halogens is 1. The van der Waals surface area contributed by atoms with Crippen molar-refractivity contribution in [3.8, 4) is 5.75 Å². The Bertz CT molecular complexity index is 398. The molecule has 1 aromatic rings. The normalized spacial score (nSPS) is 14.6. The van der Waals surface area contributed by atoms with Crippen LogP contribution in [0.2, 0.25) is 5.02 Å². The van der Waals surface area contributed by atoms with E-state index >= 15 is 0 Å². The molecule has 108 valence electrons. The fourth-order valence-electron chi connectivity index (χ4n) is 2.27. The summed E-state index contributed by atoms with van der Waals surface area (Å²) in [4.78, 5) is 2.33. The van der Waals surface area contributed by atoms with Gasteiger partial charge in [0.05, 0.1) is 6.61 Å². The van der Waals surface area contributed by atoms with Gasteiger partial charge in [0.15, 0.2) is 0 Å². The number of aromatic hydroxyl groups is 1. The van der Waals surface area contributed by atoms with E-state index in [0.29, 0.717) is 23.4 Å². The smallest absolute Gasteiger partial charge is 0.120 e. The molecule has 0 aliphatic heterocycles. The van der Waals surface area contributed by atoms with Gasteiger partial charge in [-0.05, 0) is 38.5 Å². The summed E-state index contributed by atoms with van der Waals surface area (Å²) in [6.07, 6.45) is 1.05. The van der Waals surface area contributed by atoms with Crippen LogP contribution in [0.25, 0.3) is 0 Å². The van der Waals surface area contributed by atoms with E-state index in [1.54, 1.807) is 19.2 Å². The van der Waals surface area contributed by atoms with Crippen LogP contribution in [-0.4, -0.2) is 36.3 Å². The molecule has 3 nitrogen and oxygen atoms in total. The number of methoxy groups -OCH3 is 1. The molecule has 0 radical (unpaired) electrons. The maximum Gasteiger partial charge on any atom is 0.120 e. The van der Waals surface area contributed by atoms with Crippen LogP contribution in [0.1, 0.15) is 38.8 Å². The van der Waals surface area contributed by atoms with Gasteiger partial charge >= 0.3 is 0 Å². The van der Waals surface area contributed by atoms with Crippen molar-refractivity contribution in [2.45, 2.75) is 39.3 Å². The largest absolute Gasteiger partial charge is 0.508 e. The Morgan fingerprint density at radius 1 is 1.37 bits per heavy atom. The van der Waals surface area contributed by atoms with E-state index in [4.69, 9.17) is 16.3 Å². The molecule has 0 heterocycles. The lowest BCUT2D eigenvalue weighted by atomic mass is 10.0. The Morgan fingerprint density at radius 2 is 2.05 bits per heavy atom. The molecule has 0 fully saturated rings. The molecule has 4 heteroatoms. The molecule has 2 unspecified atom stereocenters. The SMILES string of the molecule is CCC(C)N(CCOC)C(C)c1cc(Cl)ccc1O. The van der Waals surface area contributed by atoms with Crippen LogP contribution in [0.4, 0.5) is 0 Å². The minimum atomic E-state index is 0.101. The fraction of sp³-hybridized carbons (Fsp3) is 0.600. The molecule has 0 spiro atoms. The summed E-state index contributed by atoms with van der Waals surface area (Å²) in [5.41, 5.74) is 0.865. The van der Waals surface area contributed by atoms with Gasteiger partial charge in [0.1, 0.15) is 5.75 Å². The van der Waals surface area contributed by atoms with Crippen molar-refractivity contribution in [1.82, 2.24) is 4.90 Å². The number of phenols is 1. The van der Waals surface area contributed by atoms with Crippen LogP contribution in [0.3, 0.4) is 0 Å². The molecule has 0 aliphatic rings. The van der Waals surface area contributed by atoms with Crippen LogP contribution in [0.5, 0.6) is 5.75 Å². The number of phenolic OH excluding ortho intramolecular Hbond substituents is 1. The monoisotopic (exact) mass is 285 g/mol. The molecular weight excluding hydrogens is 262 g/mol. The van der Waals surface area contributed by atoms with Crippen LogP contribution < -0.4 is 0 Å². The first-order valence-corrected chi connectivity index (χ1v) is 7.12. The molecule has 1 aromatic carbocycles. The minimum absolute atomic E-state index is 0.101. The van der Waals surface area contributed by atoms with E-state index in [0.717, 1.165) is 18.5 Å². The highest BCUT2D eigenvalue weighted by Crippen LogP contribution is 2.32. The molecule has 0 saturated carbocycles. The van der Waals surface area contributed by atoms with Gasteiger partial charge in [-0.2, -0.15) is 0 Å². The van der Waals surface area contributed by atoms with E-state index in [1.807, 2.05) is 6.07 Å². The summed E-state index contributed by atoms with van der Waals surface area (Å²) in [6.45, 7) is 7.95. The lowest BCUT2D eigenvalue weighted by Crippen LogP contribution is -2.37. The first-order chi connectivity index (χ1) is 9.01. The van der Waals surface area contributed by atoms with Crippen LogP contribution >= 0.6 is 11.6 Å². The number of nitrogens with zero attached hydrogens (tertiary/aromatic N) is 1. The first kappa shape index (κ1) is 16.3. The van der Waals surface area contributed by atoms with Gasteiger partial charge in [-0.25, -0.2) is 0 Å². The van der Waals surface area contributed by atoms with Gasteiger partial charge in [0.25, 0.3) is 0 Å². The molecule has 1 N–H and O–H groups in total. The third kappa shape index (κ3) is 4.37. The Morgan fingerprint density at radius 3 is 2.63 bits per heavy atom.